The van der Waals surface area contributed by atoms with Crippen LogP contribution in [0.3, 0.4) is 0 Å². The first-order chi connectivity index (χ1) is 12.2. The van der Waals surface area contributed by atoms with Crippen molar-refractivity contribution in [2.75, 3.05) is 12.0 Å². The maximum atomic E-state index is 14.3. The predicted molar refractivity (Wildman–Crippen MR) is 96.8 cm³/mol. The van der Waals surface area contributed by atoms with Gasteiger partial charge in [-0.1, -0.05) is 28.1 Å². The summed E-state index contributed by atoms with van der Waals surface area (Å²) < 4.78 is 20.1. The summed E-state index contributed by atoms with van der Waals surface area (Å²) >= 11 is 3.28. The molecule has 0 aliphatic carbocycles. The van der Waals surface area contributed by atoms with E-state index in [-0.39, 0.29) is 5.82 Å². The molecular formula is C18H16BrFN4O. The molecular weight excluding hydrogens is 387 g/mol. The fourth-order valence-corrected chi connectivity index (χ4v) is 2.67. The van der Waals surface area contributed by atoms with Crippen molar-refractivity contribution >= 4 is 21.9 Å². The molecule has 25 heavy (non-hydrogen) atoms. The number of ether oxygens (including phenoxy) is 1. The Morgan fingerprint density at radius 1 is 1.08 bits per heavy atom. The summed E-state index contributed by atoms with van der Waals surface area (Å²) in [5.74, 6) is 0.614. The van der Waals surface area contributed by atoms with Gasteiger partial charge in [-0.15, -0.1) is 0 Å². The lowest BCUT2D eigenvalue weighted by atomic mass is 10.2. The summed E-state index contributed by atoms with van der Waals surface area (Å²) in [6.07, 6.45) is 3.34. The lowest BCUT2D eigenvalue weighted by molar-refractivity contribution is 0.396. The van der Waals surface area contributed by atoms with Gasteiger partial charge in [0, 0.05) is 35.0 Å². The lowest BCUT2D eigenvalue weighted by Gasteiger charge is -2.23. The zero-order chi connectivity index (χ0) is 17.6. The van der Waals surface area contributed by atoms with Crippen molar-refractivity contribution < 1.29 is 9.13 Å². The molecule has 0 radical (unpaired) electrons. The number of hydrogen-bond donors (Lipinski definition) is 0. The monoisotopic (exact) mass is 402 g/mol. The van der Waals surface area contributed by atoms with Gasteiger partial charge in [-0.3, -0.25) is 4.98 Å². The van der Waals surface area contributed by atoms with Crippen LogP contribution in [0.15, 0.2) is 59.3 Å². The van der Waals surface area contributed by atoms with E-state index in [9.17, 15) is 4.39 Å². The quantitative estimate of drug-likeness (QED) is 0.623. The Balaban J connectivity index is 1.93. The number of rotatable bonds is 6. The lowest BCUT2D eigenvalue weighted by Crippen LogP contribution is -2.25. The summed E-state index contributed by atoms with van der Waals surface area (Å²) in [5.41, 5.74) is 1.39. The van der Waals surface area contributed by atoms with Gasteiger partial charge in [0.15, 0.2) is 0 Å². The van der Waals surface area contributed by atoms with Crippen LogP contribution < -0.4 is 9.64 Å². The summed E-state index contributed by atoms with van der Waals surface area (Å²) in [4.78, 5) is 14.9. The topological polar surface area (TPSA) is 51.1 Å². The highest BCUT2D eigenvalue weighted by molar-refractivity contribution is 9.10. The standard InChI is InChI=1S/C18H16BrFN4O/c1-25-17-7-9-22-18(23-17)24(12-15-4-2-3-8-21-15)11-13-5-6-14(19)10-16(13)20/h2-10H,11-12H2,1H3. The molecule has 2 heterocycles. The number of methoxy groups -OCH3 is 1. The molecule has 0 fully saturated rings. The Morgan fingerprint density at radius 2 is 1.96 bits per heavy atom. The number of aromatic nitrogens is 3. The zero-order valence-electron chi connectivity index (χ0n) is 13.6. The summed E-state index contributed by atoms with van der Waals surface area (Å²) in [6, 6.07) is 12.3. The minimum atomic E-state index is -0.289. The molecule has 0 unspecified atom stereocenters. The first kappa shape index (κ1) is 17.3. The molecule has 1 aromatic carbocycles. The van der Waals surface area contributed by atoms with Gasteiger partial charge in [0.25, 0.3) is 0 Å². The molecule has 0 aliphatic heterocycles. The first-order valence-corrected chi connectivity index (χ1v) is 8.41. The Morgan fingerprint density at radius 3 is 2.68 bits per heavy atom. The molecule has 7 heteroatoms. The fraction of sp³-hybridized carbons (Fsp3) is 0.167. The molecule has 0 amide bonds. The van der Waals surface area contributed by atoms with Crippen molar-refractivity contribution in [2.24, 2.45) is 0 Å². The maximum Gasteiger partial charge on any atom is 0.229 e. The smallest absolute Gasteiger partial charge is 0.229 e. The van der Waals surface area contributed by atoms with Crippen molar-refractivity contribution in [3.05, 3.63) is 76.4 Å². The van der Waals surface area contributed by atoms with Crippen molar-refractivity contribution in [1.29, 1.82) is 0 Å². The molecule has 0 aliphatic rings. The van der Waals surface area contributed by atoms with Gasteiger partial charge in [-0.05, 0) is 24.3 Å². The molecule has 3 aromatic rings. The van der Waals surface area contributed by atoms with E-state index in [1.54, 1.807) is 31.6 Å². The normalized spacial score (nSPS) is 10.5. The van der Waals surface area contributed by atoms with Crippen LogP contribution in [-0.4, -0.2) is 22.1 Å². The number of anilines is 1. The number of pyridine rings is 1. The van der Waals surface area contributed by atoms with Crippen LogP contribution in [0.25, 0.3) is 0 Å². The van der Waals surface area contributed by atoms with Gasteiger partial charge in [0.2, 0.25) is 11.8 Å². The van der Waals surface area contributed by atoms with Crippen LogP contribution >= 0.6 is 15.9 Å². The molecule has 3 rings (SSSR count). The van der Waals surface area contributed by atoms with Gasteiger partial charge in [0.1, 0.15) is 5.82 Å². The molecule has 0 spiro atoms. The zero-order valence-corrected chi connectivity index (χ0v) is 15.1. The van der Waals surface area contributed by atoms with Crippen molar-refractivity contribution in [1.82, 2.24) is 15.0 Å². The van der Waals surface area contributed by atoms with Crippen molar-refractivity contribution in [2.45, 2.75) is 13.1 Å². The molecule has 0 saturated heterocycles. The van der Waals surface area contributed by atoms with E-state index in [2.05, 4.69) is 30.9 Å². The molecule has 0 bridgehead atoms. The van der Waals surface area contributed by atoms with E-state index in [1.165, 1.54) is 6.07 Å². The Kier molecular flexibility index (Phi) is 5.55. The summed E-state index contributed by atoms with van der Waals surface area (Å²) in [7, 11) is 1.55. The average molecular weight is 403 g/mol. The number of hydrogen-bond acceptors (Lipinski definition) is 5. The van der Waals surface area contributed by atoms with Gasteiger partial charge in [-0.2, -0.15) is 4.98 Å². The van der Waals surface area contributed by atoms with Gasteiger partial charge in [0.05, 0.1) is 19.3 Å². The van der Waals surface area contributed by atoms with Crippen molar-refractivity contribution in [3.8, 4) is 5.88 Å². The van der Waals surface area contributed by atoms with E-state index in [1.807, 2.05) is 29.2 Å². The molecule has 0 N–H and O–H groups in total. The van der Waals surface area contributed by atoms with Crippen LogP contribution in [0.4, 0.5) is 10.3 Å². The summed E-state index contributed by atoms with van der Waals surface area (Å²) in [6.45, 7) is 0.756. The van der Waals surface area contributed by atoms with E-state index in [0.29, 0.717) is 35.0 Å². The fourth-order valence-electron chi connectivity index (χ4n) is 2.34. The number of benzene rings is 1. The Hall–Kier alpha value is -2.54. The maximum absolute atomic E-state index is 14.3. The molecule has 0 atom stereocenters. The van der Waals surface area contributed by atoms with E-state index >= 15 is 0 Å². The van der Waals surface area contributed by atoms with E-state index in [0.717, 1.165) is 5.69 Å². The molecule has 128 valence electrons. The highest BCUT2D eigenvalue weighted by Crippen LogP contribution is 2.21. The van der Waals surface area contributed by atoms with Crippen LogP contribution in [0.5, 0.6) is 5.88 Å². The van der Waals surface area contributed by atoms with Gasteiger partial charge < -0.3 is 9.64 Å². The minimum absolute atomic E-state index is 0.289. The van der Waals surface area contributed by atoms with Crippen LogP contribution in [0.2, 0.25) is 0 Å². The van der Waals surface area contributed by atoms with E-state index in [4.69, 9.17) is 4.74 Å². The summed E-state index contributed by atoms with van der Waals surface area (Å²) in [5, 5.41) is 0. The third kappa shape index (κ3) is 4.51. The highest BCUT2D eigenvalue weighted by Gasteiger charge is 2.15. The predicted octanol–water partition coefficient (Wildman–Crippen LogP) is 3.99. The number of nitrogens with zero attached hydrogens (tertiary/aromatic N) is 4. The second-order valence-electron chi connectivity index (χ2n) is 5.31. The van der Waals surface area contributed by atoms with Gasteiger partial charge in [-0.25, -0.2) is 9.37 Å². The SMILES string of the molecule is COc1ccnc(N(Cc2ccccn2)Cc2ccc(Br)cc2F)n1. The van der Waals surface area contributed by atoms with Crippen LogP contribution in [0.1, 0.15) is 11.3 Å². The van der Waals surface area contributed by atoms with E-state index < -0.39 is 0 Å². The first-order valence-electron chi connectivity index (χ1n) is 7.61. The molecule has 5 nitrogen and oxygen atoms in total. The van der Waals surface area contributed by atoms with Crippen LogP contribution in [-0.2, 0) is 13.1 Å². The second-order valence-corrected chi connectivity index (χ2v) is 6.23. The van der Waals surface area contributed by atoms with Crippen LogP contribution in [0, 0.1) is 5.82 Å². The molecule has 0 saturated carbocycles. The average Bonchev–Trinajstić information content (AvgIpc) is 2.64. The highest BCUT2D eigenvalue weighted by atomic mass is 79.9. The minimum Gasteiger partial charge on any atom is -0.481 e. The molecule has 2 aromatic heterocycles. The Bertz CT molecular complexity index is 847. The number of halogens is 2. The second kappa shape index (κ2) is 8.02. The third-order valence-corrected chi connectivity index (χ3v) is 4.06. The van der Waals surface area contributed by atoms with Crippen molar-refractivity contribution in [3.63, 3.8) is 0 Å². The largest absolute Gasteiger partial charge is 0.481 e. The Labute approximate surface area is 153 Å². The van der Waals surface area contributed by atoms with Gasteiger partial charge >= 0.3 is 0 Å². The third-order valence-electron chi connectivity index (χ3n) is 3.56.